The highest BCUT2D eigenvalue weighted by Crippen LogP contribution is 2.19. The number of aromatic nitrogens is 1. The zero-order valence-electron chi connectivity index (χ0n) is 16.6. The molecule has 0 radical (unpaired) electrons. The molecule has 2 aliphatic rings. The zero-order valence-corrected chi connectivity index (χ0v) is 16.6. The molecule has 6 nitrogen and oxygen atoms in total. The number of benzene rings is 1. The van der Waals surface area contributed by atoms with Crippen LogP contribution < -0.4 is 5.32 Å². The molecule has 1 unspecified atom stereocenters. The molecule has 0 aliphatic carbocycles. The van der Waals surface area contributed by atoms with Crippen LogP contribution in [0.1, 0.15) is 12.0 Å². The Morgan fingerprint density at radius 1 is 1.18 bits per heavy atom. The van der Waals surface area contributed by atoms with Crippen molar-refractivity contribution < 1.29 is 4.74 Å². The summed E-state index contributed by atoms with van der Waals surface area (Å²) in [7, 11) is 1.87. The molecule has 2 fully saturated rings. The van der Waals surface area contributed by atoms with Gasteiger partial charge in [-0.15, -0.1) is 0 Å². The summed E-state index contributed by atoms with van der Waals surface area (Å²) in [6.07, 6.45) is 3.02. The number of nitrogens with zero attached hydrogens (tertiary/aromatic N) is 4. The molecular weight excluding hydrogens is 350 g/mol. The first-order chi connectivity index (χ1) is 13.8. The second kappa shape index (κ2) is 9.17. The summed E-state index contributed by atoms with van der Waals surface area (Å²) in [6, 6.07) is 15.2. The van der Waals surface area contributed by atoms with Crippen molar-refractivity contribution in [3.8, 4) is 11.3 Å². The number of hydrogen-bond donors (Lipinski definition) is 1. The number of rotatable bonds is 4. The molecule has 6 heteroatoms. The molecular formula is C22H29N5O. The third-order valence-corrected chi connectivity index (χ3v) is 5.58. The van der Waals surface area contributed by atoms with Crippen molar-refractivity contribution >= 4 is 5.96 Å². The maximum absolute atomic E-state index is 5.49. The third kappa shape index (κ3) is 4.51. The van der Waals surface area contributed by atoms with E-state index in [4.69, 9.17) is 4.74 Å². The number of nitrogens with one attached hydrogen (secondary N) is 1. The fraction of sp³-hybridized carbons (Fsp3) is 0.455. The van der Waals surface area contributed by atoms with Crippen LogP contribution >= 0.6 is 0 Å². The second-order valence-electron chi connectivity index (χ2n) is 7.35. The Kier molecular flexibility index (Phi) is 6.19. The van der Waals surface area contributed by atoms with E-state index in [9.17, 15) is 0 Å². The summed E-state index contributed by atoms with van der Waals surface area (Å²) >= 11 is 0. The number of likely N-dealkylation sites (tertiary alicyclic amines) is 1. The van der Waals surface area contributed by atoms with Gasteiger partial charge in [-0.05, 0) is 30.2 Å². The summed E-state index contributed by atoms with van der Waals surface area (Å²) in [6.45, 7) is 6.65. The highest BCUT2D eigenvalue weighted by atomic mass is 16.5. The lowest BCUT2D eigenvalue weighted by molar-refractivity contribution is 0.0195. The molecule has 0 spiro atoms. The smallest absolute Gasteiger partial charge is 0.193 e. The van der Waals surface area contributed by atoms with E-state index in [1.165, 1.54) is 12.0 Å². The molecule has 28 heavy (non-hydrogen) atoms. The Hall–Kier alpha value is -2.44. The average molecular weight is 380 g/mol. The number of morpholine rings is 1. The molecule has 0 bridgehead atoms. The van der Waals surface area contributed by atoms with Crippen LogP contribution in [-0.2, 0) is 11.3 Å². The molecule has 1 N–H and O–H groups in total. The zero-order chi connectivity index (χ0) is 19.2. The minimum atomic E-state index is 0.606. The van der Waals surface area contributed by atoms with Gasteiger partial charge in [-0.25, -0.2) is 0 Å². The van der Waals surface area contributed by atoms with E-state index in [1.807, 2.05) is 31.4 Å². The minimum absolute atomic E-state index is 0.606. The summed E-state index contributed by atoms with van der Waals surface area (Å²) in [5.74, 6) is 0.985. The van der Waals surface area contributed by atoms with Gasteiger partial charge in [-0.1, -0.05) is 24.3 Å². The van der Waals surface area contributed by atoms with Gasteiger partial charge in [0, 0.05) is 57.6 Å². The number of hydrogen-bond acceptors (Lipinski definition) is 4. The molecule has 2 aromatic rings. The van der Waals surface area contributed by atoms with Gasteiger partial charge in [-0.2, -0.15) is 0 Å². The van der Waals surface area contributed by atoms with Crippen molar-refractivity contribution in [2.24, 2.45) is 4.99 Å². The predicted octanol–water partition coefficient (Wildman–Crippen LogP) is 2.23. The van der Waals surface area contributed by atoms with E-state index in [0.717, 1.165) is 63.2 Å². The van der Waals surface area contributed by atoms with Crippen LogP contribution in [0, 0.1) is 0 Å². The number of ether oxygens (including phenoxy) is 1. The third-order valence-electron chi connectivity index (χ3n) is 5.58. The first kappa shape index (κ1) is 18.9. The lowest BCUT2D eigenvalue weighted by Gasteiger charge is -2.32. The fourth-order valence-electron chi connectivity index (χ4n) is 4.06. The lowest BCUT2D eigenvalue weighted by Crippen LogP contribution is -2.46. The van der Waals surface area contributed by atoms with E-state index in [-0.39, 0.29) is 0 Å². The van der Waals surface area contributed by atoms with Gasteiger partial charge in [-0.3, -0.25) is 14.9 Å². The normalized spacial score (nSPS) is 21.1. The van der Waals surface area contributed by atoms with Crippen molar-refractivity contribution in [1.82, 2.24) is 20.1 Å². The maximum atomic E-state index is 5.49. The Labute approximate surface area is 167 Å². The highest BCUT2D eigenvalue weighted by Gasteiger charge is 2.30. The molecule has 1 aromatic heterocycles. The molecule has 0 amide bonds. The summed E-state index contributed by atoms with van der Waals surface area (Å²) < 4.78 is 5.49. The van der Waals surface area contributed by atoms with Crippen LogP contribution in [0.25, 0.3) is 11.3 Å². The predicted molar refractivity (Wildman–Crippen MR) is 112 cm³/mol. The van der Waals surface area contributed by atoms with E-state index >= 15 is 0 Å². The Morgan fingerprint density at radius 3 is 2.86 bits per heavy atom. The quantitative estimate of drug-likeness (QED) is 0.652. The SMILES string of the molecule is CN=C(NCc1cccc(-c2ccccn2)c1)N1CCC(N2CCOCC2)C1. The molecule has 0 saturated carbocycles. The first-order valence-corrected chi connectivity index (χ1v) is 10.1. The number of aliphatic imine (C=N–C) groups is 1. The minimum Gasteiger partial charge on any atom is -0.379 e. The lowest BCUT2D eigenvalue weighted by atomic mass is 10.1. The van der Waals surface area contributed by atoms with E-state index < -0.39 is 0 Å². The summed E-state index contributed by atoms with van der Waals surface area (Å²) in [5.41, 5.74) is 3.37. The van der Waals surface area contributed by atoms with Gasteiger partial charge in [0.05, 0.1) is 18.9 Å². The molecule has 148 valence electrons. The maximum Gasteiger partial charge on any atom is 0.193 e. The number of guanidine groups is 1. The summed E-state index contributed by atoms with van der Waals surface area (Å²) in [4.78, 5) is 13.9. The van der Waals surface area contributed by atoms with Crippen LogP contribution in [0.5, 0.6) is 0 Å². The topological polar surface area (TPSA) is 53.0 Å². The summed E-state index contributed by atoms with van der Waals surface area (Å²) in [5, 5.41) is 3.54. The van der Waals surface area contributed by atoms with Gasteiger partial charge in [0.15, 0.2) is 5.96 Å². The van der Waals surface area contributed by atoms with Crippen LogP contribution in [0.4, 0.5) is 0 Å². The van der Waals surface area contributed by atoms with Crippen molar-refractivity contribution in [1.29, 1.82) is 0 Å². The molecule has 4 rings (SSSR count). The fourth-order valence-corrected chi connectivity index (χ4v) is 4.06. The molecule has 1 atom stereocenters. The molecule has 3 heterocycles. The van der Waals surface area contributed by atoms with Crippen LogP contribution in [0.15, 0.2) is 53.7 Å². The van der Waals surface area contributed by atoms with Gasteiger partial charge < -0.3 is 15.0 Å². The highest BCUT2D eigenvalue weighted by molar-refractivity contribution is 5.80. The van der Waals surface area contributed by atoms with Crippen LogP contribution in [0.2, 0.25) is 0 Å². The van der Waals surface area contributed by atoms with Crippen LogP contribution in [0.3, 0.4) is 0 Å². The second-order valence-corrected chi connectivity index (χ2v) is 7.35. The Bertz CT molecular complexity index is 789. The average Bonchev–Trinajstić information content (AvgIpc) is 3.26. The Balaban J connectivity index is 1.35. The van der Waals surface area contributed by atoms with Gasteiger partial charge in [0.25, 0.3) is 0 Å². The van der Waals surface area contributed by atoms with Crippen LogP contribution in [-0.4, -0.2) is 73.2 Å². The van der Waals surface area contributed by atoms with Crippen molar-refractivity contribution in [2.75, 3.05) is 46.4 Å². The molecule has 2 aliphatic heterocycles. The van der Waals surface area contributed by atoms with E-state index in [2.05, 4.69) is 49.4 Å². The van der Waals surface area contributed by atoms with Crippen molar-refractivity contribution in [2.45, 2.75) is 19.0 Å². The van der Waals surface area contributed by atoms with Gasteiger partial charge >= 0.3 is 0 Å². The van der Waals surface area contributed by atoms with Crippen molar-refractivity contribution in [3.05, 3.63) is 54.2 Å². The van der Waals surface area contributed by atoms with Gasteiger partial charge in [0.2, 0.25) is 0 Å². The van der Waals surface area contributed by atoms with E-state index in [0.29, 0.717) is 6.04 Å². The number of pyridine rings is 1. The van der Waals surface area contributed by atoms with Gasteiger partial charge in [0.1, 0.15) is 0 Å². The monoisotopic (exact) mass is 379 g/mol. The largest absolute Gasteiger partial charge is 0.379 e. The van der Waals surface area contributed by atoms with Crippen molar-refractivity contribution in [3.63, 3.8) is 0 Å². The first-order valence-electron chi connectivity index (χ1n) is 10.1. The Morgan fingerprint density at radius 2 is 2.07 bits per heavy atom. The molecule has 1 aromatic carbocycles. The molecule has 2 saturated heterocycles. The standard InChI is InChI=1S/C22H29N5O/c1-23-22(27-10-8-20(17-27)26-11-13-28-14-12-26)25-16-18-5-4-6-19(15-18)21-7-2-3-9-24-21/h2-7,9,15,20H,8,10-14,16-17H2,1H3,(H,23,25). The van der Waals surface area contributed by atoms with E-state index in [1.54, 1.807) is 0 Å².